The fourth-order valence-electron chi connectivity index (χ4n) is 9.93. The first-order chi connectivity index (χ1) is 43.7. The lowest BCUT2D eigenvalue weighted by Crippen LogP contribution is -2.35. The molecule has 28 nitrogen and oxygen atoms in total. The highest BCUT2D eigenvalue weighted by atomic mass is 32.1. The Hall–Kier alpha value is -10.6. The van der Waals surface area contributed by atoms with E-state index in [9.17, 15) is 27.6 Å². The Bertz CT molecular complexity index is 4510. The number of thiazole rings is 3. The first-order valence-corrected chi connectivity index (χ1v) is 30.3. The minimum atomic E-state index is -4.59. The Balaban J connectivity index is 0.613. The predicted molar refractivity (Wildman–Crippen MR) is 320 cm³/mol. The Morgan fingerprint density at radius 1 is 0.633 bits per heavy atom. The van der Waals surface area contributed by atoms with Gasteiger partial charge in [0, 0.05) is 102 Å². The summed E-state index contributed by atoms with van der Waals surface area (Å²) >= 11 is 3.86. The number of alkyl halides is 3. The van der Waals surface area contributed by atoms with Gasteiger partial charge in [0.2, 0.25) is 0 Å². The number of amides is 3. The minimum absolute atomic E-state index is 0.00152. The third-order valence-corrected chi connectivity index (χ3v) is 17.3. The molecule has 2 fully saturated rings. The van der Waals surface area contributed by atoms with Gasteiger partial charge in [-0.25, -0.2) is 24.9 Å². The third-order valence-electron chi connectivity index (χ3n) is 14.7. The van der Waals surface area contributed by atoms with Crippen molar-refractivity contribution in [3.05, 3.63) is 143 Å². The van der Waals surface area contributed by atoms with Crippen LogP contribution in [0.2, 0.25) is 0 Å². The molecule has 0 bridgehead atoms. The topological polar surface area (TPSA) is 348 Å². The number of carbonyl (C=O) groups is 3. The molecule has 0 radical (unpaired) electrons. The van der Waals surface area contributed by atoms with Gasteiger partial charge in [0.25, 0.3) is 17.7 Å². The smallest absolute Gasteiger partial charge is 0.408 e. The molecule has 2 aliphatic carbocycles. The predicted octanol–water partition coefficient (Wildman–Crippen LogP) is 9.16. The Labute approximate surface area is 516 Å². The Morgan fingerprint density at radius 2 is 1.21 bits per heavy atom. The van der Waals surface area contributed by atoms with Gasteiger partial charge in [-0.15, -0.1) is 34.0 Å². The van der Waals surface area contributed by atoms with Gasteiger partial charge < -0.3 is 25.4 Å². The van der Waals surface area contributed by atoms with Crippen molar-refractivity contribution in [2.75, 3.05) is 22.6 Å². The molecule has 14 rings (SSSR count). The van der Waals surface area contributed by atoms with Crippen molar-refractivity contribution in [1.29, 1.82) is 0 Å². The standard InChI is InChI=1S/C56H46F3N23O5S3/c1-28-37(19-69-76-28)55-75-45(26-90-55)52(85)70-40-21-80(27-56(57,58)59)77-46(40)38-4-3-34(18-64-38)87-36-11-33(12-36)81-22-41(71-50(83)43-24-88-53(73-43)29-13-65-66-14-29)47(78-81)39-20-62-31(17-63-39)5-8-86-35-9-32(10-35)82-23-42(48(79-82)49-60-6-2-7-61-49)72-51(84)44-25-89-54(74-44)30-15-67-68-16-30/h2-4,6-7,13-26,32-33,35-36H,5,8-12,27H2,1H3,(H,65,66)(H,67,68)(H,69,76)(H,70,85)(H,71,83)(H,72,84)/t32-,33-,35+,36+. The molecule has 2 aliphatic rings. The number of halogens is 3. The highest BCUT2D eigenvalue weighted by Crippen LogP contribution is 2.40. The van der Waals surface area contributed by atoms with E-state index in [0.717, 1.165) is 22.9 Å². The number of hydrogen-bond donors (Lipinski definition) is 6. The molecule has 2 saturated carbocycles. The number of aromatic amines is 3. The maximum atomic E-state index is 13.8. The molecule has 3 amide bonds. The molecule has 0 aliphatic heterocycles. The van der Waals surface area contributed by atoms with Gasteiger partial charge in [-0.2, -0.15) is 43.8 Å². The van der Waals surface area contributed by atoms with Crippen molar-refractivity contribution >= 4 is 68.8 Å². The number of carbonyl (C=O) groups excluding carboxylic acids is 3. The van der Waals surface area contributed by atoms with Crippen LogP contribution in [0.15, 0.2) is 115 Å². The van der Waals surface area contributed by atoms with Crippen molar-refractivity contribution in [1.82, 2.24) is 99.8 Å². The lowest BCUT2D eigenvalue weighted by atomic mass is 9.89. The number of nitrogens with zero attached hydrogens (tertiary/aromatic N) is 17. The van der Waals surface area contributed by atoms with Crippen LogP contribution in [0.5, 0.6) is 5.75 Å². The second-order valence-electron chi connectivity index (χ2n) is 20.9. The highest BCUT2D eigenvalue weighted by molar-refractivity contribution is 7.14. The van der Waals surface area contributed by atoms with Crippen LogP contribution >= 0.6 is 34.0 Å². The second kappa shape index (κ2) is 24.2. The Morgan fingerprint density at radius 3 is 1.78 bits per heavy atom. The number of aryl methyl sites for hydroxylation is 1. The zero-order valence-corrected chi connectivity index (χ0v) is 49.2. The van der Waals surface area contributed by atoms with Crippen LogP contribution in [0.1, 0.15) is 80.6 Å². The highest BCUT2D eigenvalue weighted by Gasteiger charge is 2.36. The maximum absolute atomic E-state index is 13.8. The lowest BCUT2D eigenvalue weighted by Gasteiger charge is -2.35. The molecule has 0 aromatic carbocycles. The zero-order chi connectivity index (χ0) is 61.5. The molecule has 454 valence electrons. The largest absolute Gasteiger partial charge is 0.489 e. The molecule has 0 atom stereocenters. The van der Waals surface area contributed by atoms with Crippen molar-refractivity contribution in [2.24, 2.45) is 0 Å². The summed E-state index contributed by atoms with van der Waals surface area (Å²) in [6.07, 6.45) is 18.8. The summed E-state index contributed by atoms with van der Waals surface area (Å²) in [5.74, 6) is -0.742. The van der Waals surface area contributed by atoms with Crippen molar-refractivity contribution in [3.8, 4) is 71.8 Å². The molecule has 12 aromatic heterocycles. The molecule has 0 saturated heterocycles. The molecule has 12 aromatic rings. The van der Waals surface area contributed by atoms with Gasteiger partial charge in [0.1, 0.15) is 67.6 Å². The molecule has 90 heavy (non-hydrogen) atoms. The van der Waals surface area contributed by atoms with Gasteiger partial charge in [0.05, 0.1) is 89.3 Å². The number of aromatic nitrogens is 20. The van der Waals surface area contributed by atoms with E-state index < -0.39 is 30.4 Å². The normalized spacial score (nSPS) is 16.4. The molecule has 6 N–H and O–H groups in total. The number of nitrogens with one attached hydrogen (secondary N) is 6. The lowest BCUT2D eigenvalue weighted by molar-refractivity contribution is -0.142. The minimum Gasteiger partial charge on any atom is -0.489 e. The number of H-pyrrole nitrogens is 3. The van der Waals surface area contributed by atoms with Crippen LogP contribution in [-0.2, 0) is 17.7 Å². The quantitative estimate of drug-likeness (QED) is 0.0390. The van der Waals surface area contributed by atoms with E-state index in [1.54, 1.807) is 114 Å². The van der Waals surface area contributed by atoms with Gasteiger partial charge in [-0.1, -0.05) is 0 Å². The summed E-state index contributed by atoms with van der Waals surface area (Å²) in [7, 11) is 0. The first kappa shape index (κ1) is 57.2. The average molecular weight is 1270 g/mol. The molecule has 12 heterocycles. The molecule has 34 heteroatoms. The van der Waals surface area contributed by atoms with Crippen molar-refractivity contribution in [2.45, 2.75) is 76.0 Å². The number of pyridine rings is 1. The van der Waals surface area contributed by atoms with Gasteiger partial charge in [-0.3, -0.25) is 58.7 Å². The van der Waals surface area contributed by atoms with Crippen LogP contribution in [0, 0.1) is 6.92 Å². The fraction of sp³-hybridized carbons (Fsp3) is 0.232. The van der Waals surface area contributed by atoms with E-state index >= 15 is 0 Å². The zero-order valence-electron chi connectivity index (χ0n) is 46.7. The summed E-state index contributed by atoms with van der Waals surface area (Å²) in [6, 6.07) is 4.73. The van der Waals surface area contributed by atoms with Crippen LogP contribution in [0.3, 0.4) is 0 Å². The van der Waals surface area contributed by atoms with E-state index in [1.165, 1.54) is 40.2 Å². The molecular formula is C56H46F3N23O5S3. The summed E-state index contributed by atoms with van der Waals surface area (Å²) in [4.78, 5) is 76.7. The van der Waals surface area contributed by atoms with E-state index in [-0.39, 0.29) is 58.4 Å². The van der Waals surface area contributed by atoms with E-state index in [1.807, 2.05) is 4.68 Å². The van der Waals surface area contributed by atoms with Gasteiger partial charge in [0.15, 0.2) is 11.5 Å². The van der Waals surface area contributed by atoms with Crippen LogP contribution in [0.25, 0.3) is 66.0 Å². The summed E-state index contributed by atoms with van der Waals surface area (Å²) < 4.78 is 57.5. The number of ether oxygens (including phenoxy) is 2. The number of anilines is 3. The van der Waals surface area contributed by atoms with Gasteiger partial charge >= 0.3 is 6.18 Å². The van der Waals surface area contributed by atoms with Crippen LogP contribution in [-0.4, -0.2) is 143 Å². The average Bonchev–Trinajstić information content (AvgIpc) is 1.70. The third kappa shape index (κ3) is 12.3. The van der Waals surface area contributed by atoms with Crippen LogP contribution in [0.4, 0.5) is 30.2 Å². The van der Waals surface area contributed by atoms with E-state index in [2.05, 4.69) is 81.5 Å². The second-order valence-corrected chi connectivity index (χ2v) is 23.4. The molecule has 0 unspecified atom stereocenters. The van der Waals surface area contributed by atoms with Crippen LogP contribution < -0.4 is 20.7 Å². The van der Waals surface area contributed by atoms with Crippen molar-refractivity contribution < 1.29 is 37.0 Å². The maximum Gasteiger partial charge on any atom is 0.408 e. The summed E-state index contributed by atoms with van der Waals surface area (Å²) in [5, 5.41) is 49.5. The molecule has 0 spiro atoms. The fourth-order valence-corrected chi connectivity index (χ4v) is 12.4. The number of hydrogen-bond acceptors (Lipinski definition) is 22. The molecular weight excluding hydrogens is 1230 g/mol. The monoisotopic (exact) mass is 1270 g/mol. The van der Waals surface area contributed by atoms with E-state index in [4.69, 9.17) is 29.6 Å². The van der Waals surface area contributed by atoms with E-state index in [0.29, 0.717) is 110 Å². The van der Waals surface area contributed by atoms with Crippen molar-refractivity contribution in [3.63, 3.8) is 0 Å². The SMILES string of the molecule is Cc1n[nH]cc1-c1nc(C(=O)Nc2cn(CC(F)(F)F)nc2-c2ccc(O[C@H]3C[C@@H](n4cc(NC(=O)c5csc(-c6cn[nH]c6)n5)c(-c5cnc(CCO[C@H]6C[C@@H](n7cc(NC(=O)c8csc(-c9cn[nH]c9)n8)c(-c8ncccn8)n7)C6)cn5)n4)C3)cn2)cs1. The first-order valence-electron chi connectivity index (χ1n) is 27.7. The Kier molecular flexibility index (Phi) is 15.4. The summed E-state index contributed by atoms with van der Waals surface area (Å²) in [6.45, 7) is 0.772. The summed E-state index contributed by atoms with van der Waals surface area (Å²) in [5.41, 5.74) is 6.38. The van der Waals surface area contributed by atoms with Gasteiger partial charge in [-0.05, 0) is 38.0 Å². The number of rotatable bonds is 21.